The van der Waals surface area contributed by atoms with Gasteiger partial charge in [0, 0.05) is 11.1 Å². The van der Waals surface area contributed by atoms with Gasteiger partial charge in [-0.3, -0.25) is 0 Å². The number of rotatable bonds is 1. The van der Waals surface area contributed by atoms with Crippen LogP contribution in [0.2, 0.25) is 0 Å². The van der Waals surface area contributed by atoms with E-state index in [-0.39, 0.29) is 0 Å². The molecule has 0 saturated heterocycles. The van der Waals surface area contributed by atoms with Crippen LogP contribution in [0.15, 0.2) is 35.4 Å². The summed E-state index contributed by atoms with van der Waals surface area (Å²) >= 11 is 5.13. The van der Waals surface area contributed by atoms with Gasteiger partial charge in [-0.1, -0.05) is 18.2 Å². The zero-order chi connectivity index (χ0) is 11.3. The molecule has 2 N–H and O–H groups in total. The van der Waals surface area contributed by atoms with Crippen LogP contribution in [0, 0.1) is 0 Å². The maximum Gasteiger partial charge on any atom is 0.0985 e. The van der Waals surface area contributed by atoms with Crippen LogP contribution >= 0.6 is 24.4 Å². The first-order valence-electron chi connectivity index (χ1n) is 4.45. The molecule has 2 rings (SSSR count). The molecule has 0 aliphatic carbocycles. The van der Waals surface area contributed by atoms with E-state index in [1.54, 1.807) is 18.0 Å². The summed E-state index contributed by atoms with van der Waals surface area (Å²) in [5, 5.41) is 2.00. The minimum absolute atomic E-state index is 0.801. The Balaban J connectivity index is 0.000000531. The molecule has 2 aromatic rings. The van der Waals surface area contributed by atoms with Gasteiger partial charge in [0.2, 0.25) is 0 Å². The second-order valence-electron chi connectivity index (χ2n) is 2.77. The van der Waals surface area contributed by atoms with Gasteiger partial charge < -0.3 is 5.73 Å². The van der Waals surface area contributed by atoms with Crippen LogP contribution < -0.4 is 5.73 Å². The number of nitrogens with zero attached hydrogens (tertiary/aromatic N) is 1. The topological polar surface area (TPSA) is 38.9 Å². The average molecular weight is 238 g/mol. The number of anilines is 1. The minimum atomic E-state index is 0.801. The van der Waals surface area contributed by atoms with Crippen molar-refractivity contribution in [3.63, 3.8) is 0 Å². The van der Waals surface area contributed by atoms with E-state index >= 15 is 0 Å². The fourth-order valence-corrected chi connectivity index (χ4v) is 1.72. The molecule has 0 spiro atoms. The Hall–Kier alpha value is -0.870. The predicted octanol–water partition coefficient (Wildman–Crippen LogP) is 3.08. The van der Waals surface area contributed by atoms with E-state index in [1.165, 1.54) is 0 Å². The molecule has 0 aliphatic rings. The molecule has 1 heterocycles. The average Bonchev–Trinajstić information content (AvgIpc) is 2.31. The van der Waals surface area contributed by atoms with E-state index < -0.39 is 0 Å². The first-order chi connectivity index (χ1) is 7.31. The van der Waals surface area contributed by atoms with Crippen molar-refractivity contribution in [3.8, 4) is 0 Å². The van der Waals surface area contributed by atoms with Gasteiger partial charge in [-0.25, -0.2) is 4.98 Å². The number of hydrogen-bond acceptors (Lipinski definition) is 4. The summed E-state index contributed by atoms with van der Waals surface area (Å²) in [5.41, 5.74) is 7.64. The monoisotopic (exact) mass is 238 g/mol. The Morgan fingerprint density at radius 2 is 1.93 bits per heavy atom. The van der Waals surface area contributed by atoms with Crippen LogP contribution in [0.25, 0.3) is 10.9 Å². The van der Waals surface area contributed by atoms with E-state index in [0.717, 1.165) is 21.6 Å². The summed E-state index contributed by atoms with van der Waals surface area (Å²) in [7, 11) is 0. The van der Waals surface area contributed by atoms with Gasteiger partial charge in [-0.2, -0.15) is 12.6 Å². The minimum Gasteiger partial charge on any atom is -0.398 e. The molecule has 0 bridgehead atoms. The Kier molecular flexibility index (Phi) is 4.78. The summed E-state index contributed by atoms with van der Waals surface area (Å²) in [4.78, 5) is 4.44. The summed E-state index contributed by atoms with van der Waals surface area (Å²) < 4.78 is 0. The first kappa shape index (κ1) is 12.2. The largest absolute Gasteiger partial charge is 0.398 e. The molecule has 4 heteroatoms. The lowest BCUT2D eigenvalue weighted by Gasteiger charge is -2.03. The summed E-state index contributed by atoms with van der Waals surface area (Å²) in [5.74, 6) is 0. The van der Waals surface area contributed by atoms with Crippen LogP contribution in [0.4, 0.5) is 5.69 Å². The van der Waals surface area contributed by atoms with Crippen molar-refractivity contribution in [1.82, 2.24) is 4.98 Å². The van der Waals surface area contributed by atoms with Crippen LogP contribution in [0.5, 0.6) is 0 Å². The lowest BCUT2D eigenvalue weighted by Crippen LogP contribution is -1.90. The summed E-state index contributed by atoms with van der Waals surface area (Å²) in [6.45, 7) is 0. The lowest BCUT2D eigenvalue weighted by atomic mass is 10.2. The van der Waals surface area contributed by atoms with Gasteiger partial charge in [-0.05, 0) is 24.6 Å². The number of nitrogen functional groups attached to an aromatic ring is 1. The fourth-order valence-electron chi connectivity index (χ4n) is 1.28. The second kappa shape index (κ2) is 5.88. The third-order valence-electron chi connectivity index (χ3n) is 1.93. The molecular formula is C11H14N2S2. The number of fused-ring (bicyclic) bond motifs is 1. The van der Waals surface area contributed by atoms with Crippen molar-refractivity contribution in [3.05, 3.63) is 30.3 Å². The number of nitrogens with two attached hydrogens (primary N) is 1. The molecule has 0 atom stereocenters. The molecule has 15 heavy (non-hydrogen) atoms. The van der Waals surface area contributed by atoms with E-state index in [1.807, 2.05) is 36.6 Å². The van der Waals surface area contributed by atoms with E-state index in [0.29, 0.717) is 0 Å². The van der Waals surface area contributed by atoms with Crippen molar-refractivity contribution in [2.45, 2.75) is 5.03 Å². The maximum atomic E-state index is 5.88. The molecule has 1 aromatic heterocycles. The summed E-state index contributed by atoms with van der Waals surface area (Å²) in [6, 6.07) is 9.82. The molecule has 1 aromatic carbocycles. The Morgan fingerprint density at radius 1 is 1.27 bits per heavy atom. The molecule has 0 radical (unpaired) electrons. The molecule has 80 valence electrons. The van der Waals surface area contributed by atoms with Gasteiger partial charge in [-0.15, -0.1) is 11.8 Å². The van der Waals surface area contributed by atoms with Crippen LogP contribution in [-0.2, 0) is 0 Å². The number of pyridine rings is 1. The third-order valence-corrected chi connectivity index (χ3v) is 2.56. The molecule has 0 amide bonds. The number of thiol groups is 1. The molecule has 2 nitrogen and oxygen atoms in total. The zero-order valence-corrected chi connectivity index (χ0v) is 10.5. The van der Waals surface area contributed by atoms with Gasteiger partial charge >= 0.3 is 0 Å². The fraction of sp³-hybridized carbons (Fsp3) is 0.182. The number of thioether (sulfide) groups is 1. The van der Waals surface area contributed by atoms with Crippen molar-refractivity contribution in [2.75, 3.05) is 18.2 Å². The van der Waals surface area contributed by atoms with Crippen molar-refractivity contribution >= 4 is 41.0 Å². The van der Waals surface area contributed by atoms with Gasteiger partial charge in [0.15, 0.2) is 0 Å². The van der Waals surface area contributed by atoms with Crippen LogP contribution in [0.1, 0.15) is 0 Å². The highest BCUT2D eigenvalue weighted by Gasteiger charge is 2.00. The molecule has 0 unspecified atom stereocenters. The zero-order valence-electron chi connectivity index (χ0n) is 8.77. The van der Waals surface area contributed by atoms with Crippen LogP contribution in [-0.4, -0.2) is 17.5 Å². The standard InChI is InChI=1S/C10H10N2S.CH4S/c1-13-10-6-8(11)7-4-2-3-5-9(7)12-10;1-2/h2-6H,1H3,(H2,11,12);2H,1H3. The lowest BCUT2D eigenvalue weighted by molar-refractivity contribution is 1.20. The predicted molar refractivity (Wildman–Crippen MR) is 72.8 cm³/mol. The molecular weight excluding hydrogens is 224 g/mol. The van der Waals surface area contributed by atoms with Crippen molar-refractivity contribution < 1.29 is 0 Å². The third kappa shape index (κ3) is 2.79. The number of benzene rings is 1. The quantitative estimate of drug-likeness (QED) is 0.592. The highest BCUT2D eigenvalue weighted by atomic mass is 32.2. The van der Waals surface area contributed by atoms with E-state index in [4.69, 9.17) is 5.73 Å². The second-order valence-corrected chi connectivity index (χ2v) is 3.60. The van der Waals surface area contributed by atoms with Crippen molar-refractivity contribution in [1.29, 1.82) is 0 Å². The first-order valence-corrected chi connectivity index (χ1v) is 6.57. The number of hydrogen-bond donors (Lipinski definition) is 2. The smallest absolute Gasteiger partial charge is 0.0985 e. The number of para-hydroxylation sites is 1. The molecule has 0 saturated carbocycles. The number of aromatic nitrogens is 1. The Labute approximate surface area is 99.7 Å². The van der Waals surface area contributed by atoms with Gasteiger partial charge in [0.25, 0.3) is 0 Å². The molecule has 0 fully saturated rings. The SMILES string of the molecule is CS.CSc1cc(N)c2ccccc2n1. The van der Waals surface area contributed by atoms with Gasteiger partial charge in [0.1, 0.15) is 0 Å². The summed E-state index contributed by atoms with van der Waals surface area (Å²) in [6.07, 6.45) is 3.69. The highest BCUT2D eigenvalue weighted by Crippen LogP contribution is 2.23. The normalized spacial score (nSPS) is 9.53. The van der Waals surface area contributed by atoms with E-state index in [9.17, 15) is 0 Å². The molecule has 0 aliphatic heterocycles. The van der Waals surface area contributed by atoms with Gasteiger partial charge in [0.05, 0.1) is 10.5 Å². The van der Waals surface area contributed by atoms with E-state index in [2.05, 4.69) is 17.6 Å². The highest BCUT2D eigenvalue weighted by molar-refractivity contribution is 7.98. The Morgan fingerprint density at radius 3 is 2.60 bits per heavy atom. The Bertz CT molecular complexity index is 444. The van der Waals surface area contributed by atoms with Crippen LogP contribution in [0.3, 0.4) is 0 Å². The van der Waals surface area contributed by atoms with Crippen molar-refractivity contribution in [2.24, 2.45) is 0 Å². The maximum absolute atomic E-state index is 5.88.